The number of anilines is 1. The molecule has 0 bridgehead atoms. The van der Waals surface area contributed by atoms with Crippen LogP contribution in [0.4, 0.5) is 5.69 Å². The van der Waals surface area contributed by atoms with Crippen LogP contribution in [0.1, 0.15) is 28.1 Å². The van der Waals surface area contributed by atoms with Crippen molar-refractivity contribution < 1.29 is 9.59 Å². The molecule has 2 aromatic rings. The maximum absolute atomic E-state index is 12.6. The second-order valence-corrected chi connectivity index (χ2v) is 6.79. The molecule has 120 valence electrons. The van der Waals surface area contributed by atoms with Gasteiger partial charge in [0.25, 0.3) is 5.91 Å². The molecule has 1 aromatic carbocycles. The molecule has 1 atom stereocenters. The van der Waals surface area contributed by atoms with E-state index in [9.17, 15) is 9.59 Å². The smallest absolute Gasteiger partial charge is 0.264 e. The highest BCUT2D eigenvalue weighted by Gasteiger charge is 2.29. The molecule has 1 unspecified atom stereocenters. The highest BCUT2D eigenvalue weighted by atomic mass is 32.1. The molecule has 0 aliphatic carbocycles. The zero-order valence-electron chi connectivity index (χ0n) is 13.1. The van der Waals surface area contributed by atoms with Gasteiger partial charge >= 0.3 is 0 Å². The summed E-state index contributed by atoms with van der Waals surface area (Å²) in [5.74, 6) is -0.0977. The molecule has 0 spiro atoms. The van der Waals surface area contributed by atoms with E-state index >= 15 is 0 Å². The van der Waals surface area contributed by atoms with Gasteiger partial charge in [-0.25, -0.2) is 0 Å². The Balaban J connectivity index is 1.65. The van der Waals surface area contributed by atoms with E-state index in [1.807, 2.05) is 53.6 Å². The maximum atomic E-state index is 12.6. The Morgan fingerprint density at radius 2 is 2.00 bits per heavy atom. The first-order valence-corrected chi connectivity index (χ1v) is 8.72. The third-order valence-corrected chi connectivity index (χ3v) is 5.18. The van der Waals surface area contributed by atoms with Crippen LogP contribution >= 0.6 is 11.3 Å². The summed E-state index contributed by atoms with van der Waals surface area (Å²) in [5.41, 5.74) is 1.81. The number of hydrogen-bond acceptors (Lipinski definition) is 3. The summed E-state index contributed by atoms with van der Waals surface area (Å²) in [5, 5.41) is 4.88. The van der Waals surface area contributed by atoms with Gasteiger partial charge in [-0.2, -0.15) is 0 Å². The van der Waals surface area contributed by atoms with Crippen molar-refractivity contribution in [3.8, 4) is 0 Å². The summed E-state index contributed by atoms with van der Waals surface area (Å²) in [7, 11) is 0. The fourth-order valence-corrected chi connectivity index (χ4v) is 3.77. The van der Waals surface area contributed by atoms with Crippen LogP contribution in [0.25, 0.3) is 0 Å². The summed E-state index contributed by atoms with van der Waals surface area (Å²) < 4.78 is 0. The van der Waals surface area contributed by atoms with Crippen LogP contribution in [0, 0.1) is 12.8 Å². The molecule has 5 heteroatoms. The van der Waals surface area contributed by atoms with E-state index in [1.54, 1.807) is 0 Å². The molecule has 1 aliphatic heterocycles. The Morgan fingerprint density at radius 1 is 1.22 bits per heavy atom. The van der Waals surface area contributed by atoms with Gasteiger partial charge in [0.05, 0.1) is 10.8 Å². The lowest BCUT2D eigenvalue weighted by atomic mass is 9.96. The lowest BCUT2D eigenvalue weighted by Gasteiger charge is -2.32. The summed E-state index contributed by atoms with van der Waals surface area (Å²) >= 11 is 1.47. The van der Waals surface area contributed by atoms with E-state index in [1.165, 1.54) is 11.3 Å². The highest BCUT2D eigenvalue weighted by molar-refractivity contribution is 7.12. The van der Waals surface area contributed by atoms with E-state index in [-0.39, 0.29) is 17.7 Å². The number of nitrogens with zero attached hydrogens (tertiary/aromatic N) is 1. The number of nitrogens with one attached hydrogen (secondary N) is 1. The predicted octanol–water partition coefficient (Wildman–Crippen LogP) is 3.55. The molecule has 0 radical (unpaired) electrons. The number of hydrogen-bond donors (Lipinski definition) is 1. The lowest BCUT2D eigenvalue weighted by Crippen LogP contribution is -2.43. The molecule has 23 heavy (non-hydrogen) atoms. The van der Waals surface area contributed by atoms with Gasteiger partial charge in [-0.05, 0) is 48.9 Å². The number of para-hydroxylation sites is 1. The molecule has 4 nitrogen and oxygen atoms in total. The molecule has 1 aromatic heterocycles. The van der Waals surface area contributed by atoms with Crippen LogP contribution in [0.2, 0.25) is 0 Å². The minimum Gasteiger partial charge on any atom is -0.337 e. The van der Waals surface area contributed by atoms with Gasteiger partial charge in [-0.3, -0.25) is 9.59 Å². The first kappa shape index (κ1) is 15.7. The Morgan fingerprint density at radius 3 is 2.70 bits per heavy atom. The summed E-state index contributed by atoms with van der Waals surface area (Å²) in [6.07, 6.45) is 1.69. The molecule has 1 aliphatic rings. The number of rotatable bonds is 3. The predicted molar refractivity (Wildman–Crippen MR) is 92.8 cm³/mol. The number of amides is 2. The van der Waals surface area contributed by atoms with Crippen LogP contribution in [0.5, 0.6) is 0 Å². The van der Waals surface area contributed by atoms with Crippen molar-refractivity contribution in [2.24, 2.45) is 5.92 Å². The van der Waals surface area contributed by atoms with Crippen molar-refractivity contribution >= 4 is 28.8 Å². The Labute approximate surface area is 140 Å². The number of benzene rings is 1. The minimum atomic E-state index is -0.145. The van der Waals surface area contributed by atoms with Gasteiger partial charge < -0.3 is 10.2 Å². The second-order valence-electron chi connectivity index (χ2n) is 5.88. The molecule has 1 fully saturated rings. The zero-order valence-corrected chi connectivity index (χ0v) is 13.9. The van der Waals surface area contributed by atoms with E-state index in [0.717, 1.165) is 35.5 Å². The van der Waals surface area contributed by atoms with Crippen molar-refractivity contribution in [2.45, 2.75) is 19.8 Å². The van der Waals surface area contributed by atoms with E-state index in [4.69, 9.17) is 0 Å². The van der Waals surface area contributed by atoms with Gasteiger partial charge in [0, 0.05) is 18.8 Å². The van der Waals surface area contributed by atoms with Gasteiger partial charge in [-0.1, -0.05) is 18.2 Å². The van der Waals surface area contributed by atoms with Crippen molar-refractivity contribution in [1.82, 2.24) is 4.90 Å². The number of thiophene rings is 1. The van der Waals surface area contributed by atoms with Crippen LogP contribution in [0.15, 0.2) is 41.8 Å². The van der Waals surface area contributed by atoms with Crippen molar-refractivity contribution in [2.75, 3.05) is 18.4 Å². The topological polar surface area (TPSA) is 49.4 Å². The first-order chi connectivity index (χ1) is 11.1. The fraction of sp³-hybridized carbons (Fsp3) is 0.333. The number of piperidine rings is 1. The monoisotopic (exact) mass is 328 g/mol. The van der Waals surface area contributed by atoms with E-state index in [0.29, 0.717) is 6.54 Å². The number of carbonyl (C=O) groups is 2. The average molecular weight is 328 g/mol. The van der Waals surface area contributed by atoms with Gasteiger partial charge in [-0.15, -0.1) is 11.3 Å². The van der Waals surface area contributed by atoms with Gasteiger partial charge in [0.1, 0.15) is 0 Å². The summed E-state index contributed by atoms with van der Waals surface area (Å²) in [4.78, 5) is 27.7. The second kappa shape index (κ2) is 6.96. The van der Waals surface area contributed by atoms with E-state index < -0.39 is 0 Å². The van der Waals surface area contributed by atoms with Crippen molar-refractivity contribution in [1.29, 1.82) is 0 Å². The third kappa shape index (κ3) is 3.62. The van der Waals surface area contributed by atoms with Gasteiger partial charge in [0.15, 0.2) is 0 Å². The van der Waals surface area contributed by atoms with E-state index in [2.05, 4.69) is 5.32 Å². The quantitative estimate of drug-likeness (QED) is 0.937. The van der Waals surface area contributed by atoms with Crippen LogP contribution in [0.3, 0.4) is 0 Å². The van der Waals surface area contributed by atoms with Crippen molar-refractivity contribution in [3.05, 3.63) is 52.2 Å². The number of carbonyl (C=O) groups excluding carboxylic acids is 2. The maximum Gasteiger partial charge on any atom is 0.264 e. The largest absolute Gasteiger partial charge is 0.337 e. The number of aryl methyl sites for hydroxylation is 1. The Hall–Kier alpha value is -2.14. The molecule has 1 N–H and O–H groups in total. The lowest BCUT2D eigenvalue weighted by molar-refractivity contribution is -0.121. The SMILES string of the molecule is Cc1ccsc1C(=O)N1CCCC(C(=O)Nc2ccccc2)C1. The first-order valence-electron chi connectivity index (χ1n) is 7.84. The molecule has 0 saturated carbocycles. The van der Waals surface area contributed by atoms with Crippen LogP contribution in [-0.4, -0.2) is 29.8 Å². The van der Waals surface area contributed by atoms with Crippen molar-refractivity contribution in [3.63, 3.8) is 0 Å². The zero-order chi connectivity index (χ0) is 16.2. The van der Waals surface area contributed by atoms with Crippen LogP contribution in [-0.2, 0) is 4.79 Å². The van der Waals surface area contributed by atoms with Gasteiger partial charge in [0.2, 0.25) is 5.91 Å². The average Bonchev–Trinajstić information content (AvgIpc) is 3.01. The summed E-state index contributed by atoms with van der Waals surface area (Å²) in [6.45, 7) is 3.17. The number of likely N-dealkylation sites (tertiary alicyclic amines) is 1. The normalized spacial score (nSPS) is 17.8. The molecule has 2 heterocycles. The molecule has 1 saturated heterocycles. The molecule has 2 amide bonds. The minimum absolute atomic E-state index is 0.00315. The third-order valence-electron chi connectivity index (χ3n) is 4.18. The van der Waals surface area contributed by atoms with Crippen LogP contribution < -0.4 is 5.32 Å². The molecule has 3 rings (SSSR count). The molecular weight excluding hydrogens is 308 g/mol. The Kier molecular flexibility index (Phi) is 4.76. The Bertz CT molecular complexity index is 696. The summed E-state index contributed by atoms with van der Waals surface area (Å²) in [6, 6.07) is 11.4. The fourth-order valence-electron chi connectivity index (χ4n) is 2.88. The highest BCUT2D eigenvalue weighted by Crippen LogP contribution is 2.23. The molecular formula is C18H20N2O2S. The standard InChI is InChI=1S/C18H20N2O2S/c1-13-9-11-23-16(13)18(22)20-10-5-6-14(12-20)17(21)19-15-7-3-2-4-8-15/h2-4,7-9,11,14H,5-6,10,12H2,1H3,(H,19,21).